The van der Waals surface area contributed by atoms with E-state index >= 15 is 0 Å². The highest BCUT2D eigenvalue weighted by atomic mass is 35.5. The molecule has 0 heterocycles. The van der Waals surface area contributed by atoms with Crippen molar-refractivity contribution >= 4 is 34.6 Å². The molecule has 0 saturated carbocycles. The van der Waals surface area contributed by atoms with Crippen molar-refractivity contribution in [2.45, 2.75) is 0 Å². The topological polar surface area (TPSA) is 38.0 Å². The van der Waals surface area contributed by atoms with Gasteiger partial charge >= 0.3 is 0 Å². The molecular formula is C7H6ClFN2S. The normalized spacial score (nSPS) is 9.50. The molecule has 0 fully saturated rings. The van der Waals surface area contributed by atoms with Gasteiger partial charge < -0.3 is 11.1 Å². The van der Waals surface area contributed by atoms with Crippen molar-refractivity contribution in [3.8, 4) is 0 Å². The zero-order chi connectivity index (χ0) is 9.14. The predicted molar refractivity (Wildman–Crippen MR) is 51.8 cm³/mol. The summed E-state index contributed by atoms with van der Waals surface area (Å²) in [5.74, 6) is -0.502. The SMILES string of the molecule is NC(=S)Nc1ccc(Cl)c(F)c1. The molecule has 0 radical (unpaired) electrons. The summed E-state index contributed by atoms with van der Waals surface area (Å²) in [7, 11) is 0. The number of nitrogens with two attached hydrogens (primary N) is 1. The van der Waals surface area contributed by atoms with Crippen LogP contribution in [0.2, 0.25) is 5.02 Å². The molecule has 12 heavy (non-hydrogen) atoms. The van der Waals surface area contributed by atoms with Crippen molar-refractivity contribution in [2.75, 3.05) is 5.32 Å². The maximum Gasteiger partial charge on any atom is 0.168 e. The Bertz CT molecular complexity index is 316. The van der Waals surface area contributed by atoms with Gasteiger partial charge in [-0.2, -0.15) is 0 Å². The predicted octanol–water partition coefficient (Wildman–Crippen LogP) is 2.13. The largest absolute Gasteiger partial charge is 0.376 e. The molecule has 0 aliphatic heterocycles. The van der Waals surface area contributed by atoms with Crippen LogP contribution in [0.1, 0.15) is 0 Å². The fraction of sp³-hybridized carbons (Fsp3) is 0. The van der Waals surface area contributed by atoms with Crippen molar-refractivity contribution < 1.29 is 4.39 Å². The molecule has 1 rings (SSSR count). The number of benzene rings is 1. The molecule has 0 spiro atoms. The standard InChI is InChI=1S/C7H6ClFN2S/c8-5-2-1-4(3-6(5)9)11-7(10)12/h1-3H,(H3,10,11,12). The summed E-state index contributed by atoms with van der Waals surface area (Å²) < 4.78 is 12.8. The van der Waals surface area contributed by atoms with Gasteiger partial charge in [-0.1, -0.05) is 11.6 Å². The Hall–Kier alpha value is -0.870. The van der Waals surface area contributed by atoms with Crippen molar-refractivity contribution in [3.05, 3.63) is 29.0 Å². The van der Waals surface area contributed by atoms with E-state index in [1.54, 1.807) is 6.07 Å². The van der Waals surface area contributed by atoms with Crippen molar-refractivity contribution in [1.29, 1.82) is 0 Å². The molecule has 0 saturated heterocycles. The molecule has 64 valence electrons. The van der Waals surface area contributed by atoms with Crippen LogP contribution >= 0.6 is 23.8 Å². The fourth-order valence-electron chi connectivity index (χ4n) is 0.716. The van der Waals surface area contributed by atoms with E-state index in [-0.39, 0.29) is 10.1 Å². The first-order valence-electron chi connectivity index (χ1n) is 3.11. The molecule has 3 N–H and O–H groups in total. The van der Waals surface area contributed by atoms with E-state index in [4.69, 9.17) is 17.3 Å². The summed E-state index contributed by atoms with van der Waals surface area (Å²) in [4.78, 5) is 0. The summed E-state index contributed by atoms with van der Waals surface area (Å²) in [5.41, 5.74) is 5.67. The van der Waals surface area contributed by atoms with Gasteiger partial charge in [0.1, 0.15) is 5.82 Å². The number of rotatable bonds is 1. The van der Waals surface area contributed by atoms with Gasteiger partial charge in [0.2, 0.25) is 0 Å². The van der Waals surface area contributed by atoms with E-state index in [0.29, 0.717) is 5.69 Å². The molecule has 2 nitrogen and oxygen atoms in total. The molecule has 0 aliphatic rings. The first kappa shape index (κ1) is 9.22. The van der Waals surface area contributed by atoms with Gasteiger partial charge in [0.05, 0.1) is 5.02 Å². The number of hydrogen-bond acceptors (Lipinski definition) is 1. The van der Waals surface area contributed by atoms with Gasteiger partial charge in [0.15, 0.2) is 5.11 Å². The highest BCUT2D eigenvalue weighted by Crippen LogP contribution is 2.18. The van der Waals surface area contributed by atoms with Gasteiger partial charge in [0, 0.05) is 5.69 Å². The van der Waals surface area contributed by atoms with E-state index in [1.807, 2.05) is 0 Å². The van der Waals surface area contributed by atoms with Crippen LogP contribution in [0.4, 0.5) is 10.1 Å². The van der Waals surface area contributed by atoms with E-state index in [2.05, 4.69) is 17.5 Å². The Kier molecular flexibility index (Phi) is 2.83. The van der Waals surface area contributed by atoms with Crippen LogP contribution in [-0.2, 0) is 0 Å². The van der Waals surface area contributed by atoms with Crippen LogP contribution in [0.3, 0.4) is 0 Å². The molecule has 0 aliphatic carbocycles. The summed E-state index contributed by atoms with van der Waals surface area (Å²) >= 11 is 10.0. The second-order valence-corrected chi connectivity index (χ2v) is 2.97. The highest BCUT2D eigenvalue weighted by molar-refractivity contribution is 7.80. The lowest BCUT2D eigenvalue weighted by molar-refractivity contribution is 0.629. The average molecular weight is 205 g/mol. The Morgan fingerprint density at radius 3 is 2.75 bits per heavy atom. The number of nitrogens with one attached hydrogen (secondary N) is 1. The molecule has 1 aromatic carbocycles. The molecule has 0 aromatic heterocycles. The van der Waals surface area contributed by atoms with Crippen LogP contribution in [0.25, 0.3) is 0 Å². The minimum atomic E-state index is -0.502. The highest BCUT2D eigenvalue weighted by Gasteiger charge is 2.00. The third kappa shape index (κ3) is 2.32. The van der Waals surface area contributed by atoms with E-state index in [1.165, 1.54) is 12.1 Å². The number of hydrogen-bond donors (Lipinski definition) is 2. The van der Waals surface area contributed by atoms with Crippen molar-refractivity contribution in [1.82, 2.24) is 0 Å². The molecule has 5 heteroatoms. The minimum Gasteiger partial charge on any atom is -0.376 e. The fourth-order valence-corrected chi connectivity index (χ4v) is 0.952. The number of halogens is 2. The molecule has 0 unspecified atom stereocenters. The second kappa shape index (κ2) is 3.69. The molecule has 0 bridgehead atoms. The summed E-state index contributed by atoms with van der Waals surface area (Å²) in [6.07, 6.45) is 0. The van der Waals surface area contributed by atoms with Crippen LogP contribution in [0.5, 0.6) is 0 Å². The monoisotopic (exact) mass is 204 g/mol. The zero-order valence-corrected chi connectivity index (χ0v) is 7.55. The molecule has 0 atom stereocenters. The van der Waals surface area contributed by atoms with E-state index in [0.717, 1.165) is 0 Å². The van der Waals surface area contributed by atoms with E-state index < -0.39 is 5.82 Å². The van der Waals surface area contributed by atoms with Gasteiger partial charge in [-0.15, -0.1) is 0 Å². The maximum absolute atomic E-state index is 12.8. The van der Waals surface area contributed by atoms with Gasteiger partial charge in [-0.3, -0.25) is 0 Å². The van der Waals surface area contributed by atoms with E-state index in [9.17, 15) is 4.39 Å². The average Bonchev–Trinajstić information content (AvgIpc) is 1.96. The third-order valence-corrected chi connectivity index (χ3v) is 1.60. The van der Waals surface area contributed by atoms with Gasteiger partial charge in [-0.25, -0.2) is 4.39 Å². The third-order valence-electron chi connectivity index (χ3n) is 1.19. The minimum absolute atomic E-state index is 0.0727. The summed E-state index contributed by atoms with van der Waals surface area (Å²) in [5, 5.41) is 2.75. The molecular weight excluding hydrogens is 199 g/mol. The first-order chi connectivity index (χ1) is 5.59. The summed E-state index contributed by atoms with van der Waals surface area (Å²) in [6.45, 7) is 0. The molecule has 0 amide bonds. The lowest BCUT2D eigenvalue weighted by Gasteiger charge is -2.03. The quantitative estimate of drug-likeness (QED) is 0.689. The van der Waals surface area contributed by atoms with Crippen LogP contribution in [0.15, 0.2) is 18.2 Å². The van der Waals surface area contributed by atoms with Crippen molar-refractivity contribution in [3.63, 3.8) is 0 Å². The summed E-state index contributed by atoms with van der Waals surface area (Å²) in [6, 6.07) is 4.24. The van der Waals surface area contributed by atoms with Crippen molar-refractivity contribution in [2.24, 2.45) is 5.73 Å². The van der Waals surface area contributed by atoms with Gasteiger partial charge in [0.25, 0.3) is 0 Å². The first-order valence-corrected chi connectivity index (χ1v) is 3.90. The Morgan fingerprint density at radius 2 is 2.25 bits per heavy atom. The van der Waals surface area contributed by atoms with Crippen LogP contribution in [-0.4, -0.2) is 5.11 Å². The second-order valence-electron chi connectivity index (χ2n) is 2.12. The Morgan fingerprint density at radius 1 is 1.58 bits per heavy atom. The Balaban J connectivity index is 2.89. The lowest BCUT2D eigenvalue weighted by Crippen LogP contribution is -2.18. The number of thiocarbonyl (C=S) groups is 1. The number of anilines is 1. The Labute approximate surface area is 79.5 Å². The lowest BCUT2D eigenvalue weighted by atomic mass is 10.3. The van der Waals surface area contributed by atoms with Crippen LogP contribution < -0.4 is 11.1 Å². The maximum atomic E-state index is 12.8. The van der Waals surface area contributed by atoms with Gasteiger partial charge in [-0.05, 0) is 30.4 Å². The van der Waals surface area contributed by atoms with Crippen LogP contribution in [0, 0.1) is 5.82 Å². The smallest absolute Gasteiger partial charge is 0.168 e. The zero-order valence-electron chi connectivity index (χ0n) is 5.97. The molecule has 1 aromatic rings.